The predicted molar refractivity (Wildman–Crippen MR) is 76.5 cm³/mol. The third-order valence-electron chi connectivity index (χ3n) is 2.61. The molecule has 2 rings (SSSR count). The lowest BCUT2D eigenvalue weighted by atomic mass is 10.2. The molecular formula is C14H18N2O2S. The Morgan fingerprint density at radius 3 is 2.79 bits per heavy atom. The van der Waals surface area contributed by atoms with E-state index in [0.717, 1.165) is 31.1 Å². The first-order valence-electron chi connectivity index (χ1n) is 6.17. The first kappa shape index (κ1) is 14.0. The average molecular weight is 278 g/mol. The number of benzene rings is 1. The molecule has 0 amide bonds. The summed E-state index contributed by atoms with van der Waals surface area (Å²) in [5, 5.41) is 5.30. The zero-order valence-electron chi connectivity index (χ0n) is 11.0. The summed E-state index contributed by atoms with van der Waals surface area (Å²) in [5.41, 5.74) is 4.01. The van der Waals surface area contributed by atoms with Gasteiger partial charge in [0.05, 0.1) is 17.8 Å². The molecule has 0 saturated heterocycles. The highest BCUT2D eigenvalue weighted by molar-refractivity contribution is 7.07. The van der Waals surface area contributed by atoms with Gasteiger partial charge in [0.2, 0.25) is 0 Å². The van der Waals surface area contributed by atoms with Crippen LogP contribution in [0.3, 0.4) is 0 Å². The number of methoxy groups -OCH3 is 1. The maximum absolute atomic E-state index is 5.65. The molecule has 4 nitrogen and oxygen atoms in total. The second-order valence-corrected chi connectivity index (χ2v) is 4.80. The van der Waals surface area contributed by atoms with E-state index in [2.05, 4.69) is 22.4 Å². The molecule has 19 heavy (non-hydrogen) atoms. The molecule has 0 saturated carbocycles. The topological polar surface area (TPSA) is 43.4 Å². The molecule has 0 spiro atoms. The summed E-state index contributed by atoms with van der Waals surface area (Å²) < 4.78 is 10.6. The minimum Gasteiger partial charge on any atom is -0.487 e. The summed E-state index contributed by atoms with van der Waals surface area (Å²) in [6, 6.07) is 8.10. The van der Waals surface area contributed by atoms with Crippen LogP contribution in [0, 0.1) is 0 Å². The van der Waals surface area contributed by atoms with Crippen LogP contribution in [0.1, 0.15) is 11.3 Å². The van der Waals surface area contributed by atoms with Crippen LogP contribution in [0.15, 0.2) is 35.2 Å². The van der Waals surface area contributed by atoms with Crippen LogP contribution in [0.5, 0.6) is 5.75 Å². The second-order valence-electron chi connectivity index (χ2n) is 4.08. The first-order chi connectivity index (χ1) is 9.38. The van der Waals surface area contributed by atoms with Crippen molar-refractivity contribution in [3.05, 3.63) is 46.4 Å². The van der Waals surface area contributed by atoms with Crippen LogP contribution in [0.25, 0.3) is 0 Å². The van der Waals surface area contributed by atoms with E-state index in [4.69, 9.17) is 9.47 Å². The molecule has 0 aliphatic rings. The van der Waals surface area contributed by atoms with E-state index in [1.807, 2.05) is 23.0 Å². The molecule has 0 atom stereocenters. The van der Waals surface area contributed by atoms with E-state index in [9.17, 15) is 0 Å². The van der Waals surface area contributed by atoms with Crippen LogP contribution in [0.4, 0.5) is 0 Å². The minimum atomic E-state index is 0.523. The highest BCUT2D eigenvalue weighted by Crippen LogP contribution is 2.14. The van der Waals surface area contributed by atoms with Gasteiger partial charge in [-0.25, -0.2) is 4.98 Å². The van der Waals surface area contributed by atoms with Gasteiger partial charge in [-0.1, -0.05) is 12.1 Å². The third-order valence-corrected chi connectivity index (χ3v) is 3.24. The van der Waals surface area contributed by atoms with Crippen LogP contribution in [0.2, 0.25) is 0 Å². The Morgan fingerprint density at radius 1 is 1.26 bits per heavy atom. The fourth-order valence-corrected chi connectivity index (χ4v) is 2.12. The van der Waals surface area contributed by atoms with Gasteiger partial charge < -0.3 is 14.8 Å². The molecule has 0 unspecified atom stereocenters. The van der Waals surface area contributed by atoms with E-state index >= 15 is 0 Å². The molecule has 1 aromatic heterocycles. The highest BCUT2D eigenvalue weighted by atomic mass is 32.1. The largest absolute Gasteiger partial charge is 0.487 e. The summed E-state index contributed by atoms with van der Waals surface area (Å²) in [7, 11) is 1.70. The third kappa shape index (κ3) is 4.98. The van der Waals surface area contributed by atoms with Gasteiger partial charge in [-0.3, -0.25) is 0 Å². The van der Waals surface area contributed by atoms with Crippen molar-refractivity contribution in [3.8, 4) is 5.75 Å². The van der Waals surface area contributed by atoms with Crippen LogP contribution in [-0.2, 0) is 17.9 Å². The molecule has 0 aliphatic heterocycles. The number of rotatable bonds is 8. The highest BCUT2D eigenvalue weighted by Gasteiger charge is 1.98. The van der Waals surface area contributed by atoms with E-state index in [1.54, 1.807) is 18.4 Å². The van der Waals surface area contributed by atoms with E-state index in [0.29, 0.717) is 6.61 Å². The summed E-state index contributed by atoms with van der Waals surface area (Å²) in [5.74, 6) is 0.869. The Morgan fingerprint density at radius 2 is 2.11 bits per heavy atom. The Balaban J connectivity index is 1.74. The fourth-order valence-electron chi connectivity index (χ4n) is 1.58. The lowest BCUT2D eigenvalue weighted by molar-refractivity contribution is 0.199. The molecule has 1 N–H and O–H groups in total. The zero-order chi connectivity index (χ0) is 13.3. The van der Waals surface area contributed by atoms with Gasteiger partial charge in [0.15, 0.2) is 0 Å². The molecule has 0 radical (unpaired) electrons. The number of nitrogens with one attached hydrogen (secondary N) is 1. The molecule has 5 heteroatoms. The summed E-state index contributed by atoms with van der Waals surface area (Å²) in [6.07, 6.45) is 0. The Labute approximate surface area is 117 Å². The Kier molecular flexibility index (Phi) is 5.81. The molecule has 2 aromatic rings. The Bertz CT molecular complexity index is 457. The predicted octanol–water partition coefficient (Wildman–Crippen LogP) is 2.46. The molecule has 1 aromatic carbocycles. The van der Waals surface area contributed by atoms with Crippen molar-refractivity contribution in [2.24, 2.45) is 0 Å². The lowest BCUT2D eigenvalue weighted by Gasteiger charge is -2.07. The van der Waals surface area contributed by atoms with Crippen molar-refractivity contribution in [2.45, 2.75) is 13.2 Å². The van der Waals surface area contributed by atoms with E-state index < -0.39 is 0 Å². The lowest BCUT2D eigenvalue weighted by Crippen LogP contribution is -2.18. The molecule has 0 bridgehead atoms. The van der Waals surface area contributed by atoms with Gasteiger partial charge in [-0.05, 0) is 17.7 Å². The van der Waals surface area contributed by atoms with Crippen molar-refractivity contribution in [1.82, 2.24) is 10.3 Å². The zero-order valence-corrected chi connectivity index (χ0v) is 11.8. The van der Waals surface area contributed by atoms with Crippen molar-refractivity contribution >= 4 is 11.3 Å². The van der Waals surface area contributed by atoms with Gasteiger partial charge in [0, 0.05) is 25.6 Å². The molecule has 1 heterocycles. The number of ether oxygens (including phenoxy) is 2. The number of hydrogen-bond donors (Lipinski definition) is 1. The quantitative estimate of drug-likeness (QED) is 0.753. The van der Waals surface area contributed by atoms with Crippen LogP contribution < -0.4 is 10.1 Å². The van der Waals surface area contributed by atoms with Gasteiger partial charge in [0.25, 0.3) is 0 Å². The number of nitrogens with zero attached hydrogens (tertiary/aromatic N) is 1. The first-order valence-corrected chi connectivity index (χ1v) is 7.11. The standard InChI is InChI=1S/C14H18N2O2S/c1-17-7-6-15-8-12-2-4-14(5-3-12)18-9-13-10-19-11-16-13/h2-5,10-11,15H,6-9H2,1H3. The minimum absolute atomic E-state index is 0.523. The summed E-state index contributed by atoms with van der Waals surface area (Å²) in [6.45, 7) is 2.96. The smallest absolute Gasteiger partial charge is 0.131 e. The molecule has 0 aliphatic carbocycles. The normalized spacial score (nSPS) is 10.6. The van der Waals surface area contributed by atoms with E-state index in [-0.39, 0.29) is 0 Å². The molecule has 0 fully saturated rings. The molecule has 102 valence electrons. The number of thiazole rings is 1. The van der Waals surface area contributed by atoms with E-state index in [1.165, 1.54) is 5.56 Å². The van der Waals surface area contributed by atoms with Crippen LogP contribution >= 0.6 is 11.3 Å². The van der Waals surface area contributed by atoms with Crippen molar-refractivity contribution in [3.63, 3.8) is 0 Å². The molecular weight excluding hydrogens is 260 g/mol. The monoisotopic (exact) mass is 278 g/mol. The van der Waals surface area contributed by atoms with Crippen molar-refractivity contribution < 1.29 is 9.47 Å². The van der Waals surface area contributed by atoms with Gasteiger partial charge in [-0.2, -0.15) is 0 Å². The SMILES string of the molecule is COCCNCc1ccc(OCc2cscn2)cc1. The number of aromatic nitrogens is 1. The van der Waals surface area contributed by atoms with Gasteiger partial charge in [-0.15, -0.1) is 11.3 Å². The fraction of sp³-hybridized carbons (Fsp3) is 0.357. The van der Waals surface area contributed by atoms with Crippen molar-refractivity contribution in [2.75, 3.05) is 20.3 Å². The maximum Gasteiger partial charge on any atom is 0.131 e. The van der Waals surface area contributed by atoms with Crippen LogP contribution in [-0.4, -0.2) is 25.2 Å². The average Bonchev–Trinajstić information content (AvgIpc) is 2.96. The van der Waals surface area contributed by atoms with Gasteiger partial charge in [0.1, 0.15) is 12.4 Å². The Hall–Kier alpha value is -1.43. The maximum atomic E-state index is 5.65. The van der Waals surface area contributed by atoms with Crippen molar-refractivity contribution in [1.29, 1.82) is 0 Å². The summed E-state index contributed by atoms with van der Waals surface area (Å²) >= 11 is 1.58. The van der Waals surface area contributed by atoms with Gasteiger partial charge >= 0.3 is 0 Å². The summed E-state index contributed by atoms with van der Waals surface area (Å²) in [4.78, 5) is 4.18. The number of hydrogen-bond acceptors (Lipinski definition) is 5. The second kappa shape index (κ2) is 7.89.